The number of piperidine rings is 1. The molecule has 2 unspecified atom stereocenters. The van der Waals surface area contributed by atoms with Crippen LogP contribution in [-0.2, 0) is 0 Å². The molecule has 3 aromatic rings. The summed E-state index contributed by atoms with van der Waals surface area (Å²) < 4.78 is 23.1. The fraction of sp³-hybridized carbons (Fsp3) is 0.333. The molecule has 0 radical (unpaired) electrons. The van der Waals surface area contributed by atoms with Gasteiger partial charge in [-0.25, -0.2) is 14.2 Å². The first-order valence-corrected chi connectivity index (χ1v) is 11.2. The van der Waals surface area contributed by atoms with E-state index in [0.29, 0.717) is 30.8 Å². The molecular formula is C24H24FN5O4. The van der Waals surface area contributed by atoms with Crippen molar-refractivity contribution in [3.63, 3.8) is 0 Å². The van der Waals surface area contributed by atoms with Crippen molar-refractivity contribution < 1.29 is 23.2 Å². The standard InChI is InChI=1S/C24H24FN5O4/c1-2-26-23(31)20-9-22(34-29-20)33-24(32)28-11-17-18-12-30(13-19(17)18)21-8-5-15(10-27-21)14-3-6-16(25)7-4-14/h3-10,17-19H,2,11-13H2,1H3,(H,26,31)(H,28,32). The first kappa shape index (κ1) is 21.9. The zero-order valence-corrected chi connectivity index (χ0v) is 18.5. The number of fused-ring (bicyclic) bond motifs is 1. The van der Waals surface area contributed by atoms with Crippen LogP contribution < -0.4 is 20.3 Å². The minimum absolute atomic E-state index is 0.0563. The summed E-state index contributed by atoms with van der Waals surface area (Å²) in [7, 11) is 0. The highest BCUT2D eigenvalue weighted by Gasteiger charge is 2.55. The maximum atomic E-state index is 13.1. The molecule has 2 N–H and O–H groups in total. The topological polar surface area (TPSA) is 110 Å². The quantitative estimate of drug-likeness (QED) is 0.552. The Bertz CT molecular complexity index is 1170. The van der Waals surface area contributed by atoms with Gasteiger partial charge in [-0.05, 0) is 54.5 Å². The lowest BCUT2D eigenvalue weighted by Crippen LogP contribution is -2.32. The summed E-state index contributed by atoms with van der Waals surface area (Å²) in [6.45, 7) is 4.52. The minimum atomic E-state index is -0.640. The zero-order valence-electron chi connectivity index (χ0n) is 18.5. The molecule has 1 saturated heterocycles. The average molecular weight is 465 g/mol. The monoisotopic (exact) mass is 465 g/mol. The van der Waals surface area contributed by atoms with Crippen molar-refractivity contribution in [2.45, 2.75) is 6.92 Å². The summed E-state index contributed by atoms with van der Waals surface area (Å²) in [5.41, 5.74) is 1.92. The average Bonchev–Trinajstić information content (AvgIpc) is 3.18. The Hall–Kier alpha value is -3.95. The van der Waals surface area contributed by atoms with Gasteiger partial charge in [0.25, 0.3) is 5.91 Å². The Labute approximate surface area is 195 Å². The van der Waals surface area contributed by atoms with Gasteiger partial charge in [0.1, 0.15) is 11.6 Å². The van der Waals surface area contributed by atoms with E-state index in [0.717, 1.165) is 30.0 Å². The Morgan fingerprint density at radius 1 is 1.12 bits per heavy atom. The normalized spacial score (nSPS) is 20.5. The van der Waals surface area contributed by atoms with E-state index in [1.807, 2.05) is 18.3 Å². The predicted molar refractivity (Wildman–Crippen MR) is 121 cm³/mol. The van der Waals surface area contributed by atoms with Crippen molar-refractivity contribution >= 4 is 17.8 Å². The number of hydrogen-bond donors (Lipinski definition) is 2. The van der Waals surface area contributed by atoms with Gasteiger partial charge < -0.3 is 24.8 Å². The number of halogens is 1. The highest BCUT2D eigenvalue weighted by atomic mass is 19.1. The van der Waals surface area contributed by atoms with E-state index in [4.69, 9.17) is 9.26 Å². The van der Waals surface area contributed by atoms with Crippen LogP contribution in [0.25, 0.3) is 11.1 Å². The van der Waals surface area contributed by atoms with E-state index in [1.165, 1.54) is 18.2 Å². The van der Waals surface area contributed by atoms with Crippen LogP contribution in [0.4, 0.5) is 15.0 Å². The minimum Gasteiger partial charge on any atom is -0.374 e. The van der Waals surface area contributed by atoms with E-state index in [1.54, 1.807) is 19.1 Å². The van der Waals surface area contributed by atoms with Crippen LogP contribution in [0.5, 0.6) is 5.95 Å². The van der Waals surface area contributed by atoms with Gasteiger partial charge in [-0.15, -0.1) is 0 Å². The maximum absolute atomic E-state index is 13.1. The molecule has 2 atom stereocenters. The number of ether oxygens (including phenoxy) is 1. The number of nitrogens with one attached hydrogen (secondary N) is 2. The van der Waals surface area contributed by atoms with Crippen LogP contribution >= 0.6 is 0 Å². The van der Waals surface area contributed by atoms with Gasteiger partial charge in [-0.3, -0.25) is 4.79 Å². The van der Waals surface area contributed by atoms with Crippen molar-refractivity contribution in [1.29, 1.82) is 0 Å². The Morgan fingerprint density at radius 3 is 2.53 bits per heavy atom. The second-order valence-electron chi connectivity index (χ2n) is 8.47. The van der Waals surface area contributed by atoms with Crippen LogP contribution in [0.3, 0.4) is 0 Å². The third-order valence-corrected chi connectivity index (χ3v) is 6.35. The summed E-state index contributed by atoms with van der Waals surface area (Å²) in [6, 6.07) is 11.6. The number of anilines is 1. The van der Waals surface area contributed by atoms with E-state index in [9.17, 15) is 14.0 Å². The molecule has 2 amide bonds. The fourth-order valence-electron chi connectivity index (χ4n) is 4.52. The molecule has 1 aromatic carbocycles. The highest BCUT2D eigenvalue weighted by molar-refractivity contribution is 5.92. The number of aromatic nitrogens is 2. The molecule has 1 aliphatic carbocycles. The fourth-order valence-corrected chi connectivity index (χ4v) is 4.52. The van der Waals surface area contributed by atoms with Crippen LogP contribution in [0.2, 0.25) is 0 Å². The number of benzene rings is 1. The van der Waals surface area contributed by atoms with E-state index in [2.05, 4.69) is 25.7 Å². The highest BCUT2D eigenvalue weighted by Crippen LogP contribution is 2.52. The molecule has 176 valence electrons. The first-order chi connectivity index (χ1) is 16.5. The first-order valence-electron chi connectivity index (χ1n) is 11.2. The molecule has 2 aromatic heterocycles. The number of hydrogen-bond acceptors (Lipinski definition) is 7. The second kappa shape index (κ2) is 9.12. The molecule has 1 saturated carbocycles. The lowest BCUT2D eigenvalue weighted by molar-refractivity contribution is 0.0946. The lowest BCUT2D eigenvalue weighted by atomic mass is 10.1. The molecule has 34 heavy (non-hydrogen) atoms. The third kappa shape index (κ3) is 4.57. The smallest absolute Gasteiger partial charge is 0.374 e. The van der Waals surface area contributed by atoms with Crippen molar-refractivity contribution in [3.8, 4) is 17.1 Å². The zero-order chi connectivity index (χ0) is 23.7. The van der Waals surface area contributed by atoms with Crippen molar-refractivity contribution in [2.24, 2.45) is 17.8 Å². The van der Waals surface area contributed by atoms with Crippen LogP contribution in [0.15, 0.2) is 53.2 Å². The molecule has 5 rings (SSSR count). The molecule has 9 nitrogen and oxygen atoms in total. The SMILES string of the molecule is CCNC(=O)c1cc(OC(=O)NCC2C3CN(c4ccc(-c5ccc(F)cc5)cn4)CC23)on1. The number of rotatable bonds is 7. The van der Waals surface area contributed by atoms with Gasteiger partial charge in [-0.1, -0.05) is 17.3 Å². The molecular weight excluding hydrogens is 441 g/mol. The number of carbonyl (C=O) groups excluding carboxylic acids is 2. The van der Waals surface area contributed by atoms with E-state index in [-0.39, 0.29) is 17.5 Å². The van der Waals surface area contributed by atoms with Crippen LogP contribution in [0, 0.1) is 23.6 Å². The summed E-state index contributed by atoms with van der Waals surface area (Å²) in [5.74, 6) is 1.51. The maximum Gasteiger partial charge on any atom is 0.415 e. The van der Waals surface area contributed by atoms with E-state index < -0.39 is 12.0 Å². The van der Waals surface area contributed by atoms with Crippen molar-refractivity contribution in [2.75, 3.05) is 31.1 Å². The van der Waals surface area contributed by atoms with Gasteiger partial charge in [-0.2, -0.15) is 0 Å². The molecule has 2 aliphatic rings. The van der Waals surface area contributed by atoms with Gasteiger partial charge in [0.2, 0.25) is 0 Å². The second-order valence-corrected chi connectivity index (χ2v) is 8.47. The Morgan fingerprint density at radius 2 is 1.85 bits per heavy atom. The summed E-state index contributed by atoms with van der Waals surface area (Å²) >= 11 is 0. The molecule has 3 heterocycles. The van der Waals surface area contributed by atoms with Crippen molar-refractivity contribution in [3.05, 3.63) is 60.2 Å². The van der Waals surface area contributed by atoms with Crippen LogP contribution in [-0.4, -0.2) is 48.3 Å². The summed E-state index contributed by atoms with van der Waals surface area (Å²) in [6.07, 6.45) is 1.17. The van der Waals surface area contributed by atoms with Gasteiger partial charge in [0.15, 0.2) is 5.69 Å². The molecule has 2 fully saturated rings. The molecule has 0 spiro atoms. The van der Waals surface area contributed by atoms with E-state index >= 15 is 0 Å². The lowest BCUT2D eigenvalue weighted by Gasteiger charge is -2.21. The Balaban J connectivity index is 1.07. The third-order valence-electron chi connectivity index (χ3n) is 6.35. The van der Waals surface area contributed by atoms with Gasteiger partial charge >= 0.3 is 12.0 Å². The van der Waals surface area contributed by atoms with Crippen molar-refractivity contribution in [1.82, 2.24) is 20.8 Å². The Kier molecular flexibility index (Phi) is 5.87. The summed E-state index contributed by atoms with van der Waals surface area (Å²) in [4.78, 5) is 30.6. The van der Waals surface area contributed by atoms with Gasteiger partial charge in [0, 0.05) is 37.9 Å². The predicted octanol–water partition coefficient (Wildman–Crippen LogP) is 3.10. The van der Waals surface area contributed by atoms with Gasteiger partial charge in [0.05, 0.1) is 6.07 Å². The molecule has 0 bridgehead atoms. The summed E-state index contributed by atoms with van der Waals surface area (Å²) in [5, 5.41) is 8.93. The number of nitrogens with zero attached hydrogens (tertiary/aromatic N) is 3. The molecule has 1 aliphatic heterocycles. The largest absolute Gasteiger partial charge is 0.415 e. The number of carbonyl (C=O) groups is 2. The number of amides is 2. The number of pyridine rings is 1. The van der Waals surface area contributed by atoms with Crippen LogP contribution in [0.1, 0.15) is 17.4 Å². The molecule has 10 heteroatoms.